The highest BCUT2D eigenvalue weighted by atomic mass is 16.3. The first kappa shape index (κ1) is 21.2. The van der Waals surface area contributed by atoms with E-state index in [9.17, 15) is 10.2 Å². The van der Waals surface area contributed by atoms with Gasteiger partial charge in [-0.25, -0.2) is 0 Å². The largest absolute Gasteiger partial charge is 0.393 e. The Morgan fingerprint density at radius 2 is 1.16 bits per heavy atom. The lowest BCUT2D eigenvalue weighted by molar-refractivity contribution is 0.118. The average Bonchev–Trinajstić information content (AvgIpc) is 2.23. The molecule has 0 aliphatic rings. The van der Waals surface area contributed by atoms with Crippen molar-refractivity contribution in [3.63, 3.8) is 0 Å². The summed E-state index contributed by atoms with van der Waals surface area (Å²) in [4.78, 5) is 0. The monoisotopic (exact) mass is 274 g/mol. The van der Waals surface area contributed by atoms with Crippen LogP contribution in [0.5, 0.6) is 0 Å². The van der Waals surface area contributed by atoms with E-state index in [-0.39, 0.29) is 17.6 Å². The van der Waals surface area contributed by atoms with Crippen LogP contribution in [0.3, 0.4) is 0 Å². The molecule has 2 atom stereocenters. The van der Waals surface area contributed by atoms with E-state index in [4.69, 9.17) is 0 Å². The van der Waals surface area contributed by atoms with E-state index < -0.39 is 0 Å². The predicted molar refractivity (Wildman–Crippen MR) is 85.4 cm³/mol. The second kappa shape index (κ2) is 9.77. The molecule has 0 radical (unpaired) electrons. The van der Waals surface area contributed by atoms with E-state index in [1.165, 1.54) is 0 Å². The van der Waals surface area contributed by atoms with Crippen molar-refractivity contribution >= 4 is 0 Å². The van der Waals surface area contributed by atoms with Gasteiger partial charge >= 0.3 is 0 Å². The zero-order valence-corrected chi connectivity index (χ0v) is 14.6. The summed E-state index contributed by atoms with van der Waals surface area (Å²) in [5.41, 5.74) is 0.644. The molecule has 2 N–H and O–H groups in total. The van der Waals surface area contributed by atoms with E-state index in [1.807, 2.05) is 13.8 Å². The quantitative estimate of drug-likeness (QED) is 0.757. The van der Waals surface area contributed by atoms with Crippen molar-refractivity contribution < 1.29 is 10.2 Å². The van der Waals surface area contributed by atoms with Crippen LogP contribution in [0.1, 0.15) is 87.5 Å². The standard InChI is InChI=1S/C9H20O.C8H18O/c1-5-8(10)6-7-9(2,3)4;1-5-7(9)6-8(2,3)4/h8,10H,5-7H2,1-4H3;7,9H,5-6H2,1-4H3. The van der Waals surface area contributed by atoms with E-state index in [0.717, 1.165) is 32.1 Å². The van der Waals surface area contributed by atoms with Crippen molar-refractivity contribution in [2.24, 2.45) is 10.8 Å². The third-order valence-electron chi connectivity index (χ3n) is 3.02. The van der Waals surface area contributed by atoms with Crippen molar-refractivity contribution in [2.75, 3.05) is 0 Å². The van der Waals surface area contributed by atoms with Crippen LogP contribution in [0.4, 0.5) is 0 Å². The van der Waals surface area contributed by atoms with Gasteiger partial charge < -0.3 is 10.2 Å². The molecule has 0 heterocycles. The molecule has 0 saturated carbocycles. The topological polar surface area (TPSA) is 40.5 Å². The van der Waals surface area contributed by atoms with Gasteiger partial charge in [0, 0.05) is 0 Å². The molecule has 0 aliphatic carbocycles. The van der Waals surface area contributed by atoms with Crippen LogP contribution < -0.4 is 0 Å². The van der Waals surface area contributed by atoms with Crippen molar-refractivity contribution in [1.29, 1.82) is 0 Å². The van der Waals surface area contributed by atoms with Gasteiger partial charge in [0.15, 0.2) is 0 Å². The van der Waals surface area contributed by atoms with Crippen molar-refractivity contribution in [2.45, 2.75) is 99.7 Å². The summed E-state index contributed by atoms with van der Waals surface area (Å²) in [7, 11) is 0. The Morgan fingerprint density at radius 1 is 0.737 bits per heavy atom. The molecule has 19 heavy (non-hydrogen) atoms. The molecule has 0 saturated heterocycles. The Kier molecular flexibility index (Phi) is 10.9. The normalized spacial score (nSPS) is 15.5. The van der Waals surface area contributed by atoms with Crippen molar-refractivity contribution in [1.82, 2.24) is 0 Å². The SMILES string of the molecule is CCC(O)CC(C)(C)C.CCC(O)CCC(C)(C)C. The molecular formula is C17H38O2. The highest BCUT2D eigenvalue weighted by Crippen LogP contribution is 2.22. The third-order valence-corrected chi connectivity index (χ3v) is 3.02. The Hall–Kier alpha value is -0.0800. The Morgan fingerprint density at radius 3 is 1.37 bits per heavy atom. The van der Waals surface area contributed by atoms with Gasteiger partial charge in [-0.1, -0.05) is 55.4 Å². The molecule has 0 aromatic heterocycles. The van der Waals surface area contributed by atoms with Crippen LogP contribution in [-0.4, -0.2) is 22.4 Å². The van der Waals surface area contributed by atoms with Crippen LogP contribution in [0, 0.1) is 10.8 Å². The number of aliphatic hydroxyl groups is 2. The number of hydrogen-bond acceptors (Lipinski definition) is 2. The summed E-state index contributed by atoms with van der Waals surface area (Å²) < 4.78 is 0. The van der Waals surface area contributed by atoms with Gasteiger partial charge in [-0.3, -0.25) is 0 Å². The number of rotatable bonds is 5. The first-order valence-corrected chi connectivity index (χ1v) is 7.77. The summed E-state index contributed by atoms with van der Waals surface area (Å²) in [6, 6.07) is 0. The van der Waals surface area contributed by atoms with Crippen molar-refractivity contribution in [3.05, 3.63) is 0 Å². The Balaban J connectivity index is 0. The maximum Gasteiger partial charge on any atom is 0.0542 e. The number of aliphatic hydroxyl groups excluding tert-OH is 2. The second-order valence-corrected chi connectivity index (χ2v) is 7.99. The van der Waals surface area contributed by atoms with Crippen LogP contribution in [0.25, 0.3) is 0 Å². The van der Waals surface area contributed by atoms with E-state index in [1.54, 1.807) is 0 Å². The molecule has 118 valence electrons. The van der Waals surface area contributed by atoms with Gasteiger partial charge in [0.1, 0.15) is 0 Å². The molecule has 2 unspecified atom stereocenters. The molecular weight excluding hydrogens is 236 g/mol. The first-order chi connectivity index (χ1) is 8.41. The minimum Gasteiger partial charge on any atom is -0.393 e. The van der Waals surface area contributed by atoms with Gasteiger partial charge in [0.25, 0.3) is 0 Å². The summed E-state index contributed by atoms with van der Waals surface area (Å²) >= 11 is 0. The van der Waals surface area contributed by atoms with Gasteiger partial charge in [0.2, 0.25) is 0 Å². The van der Waals surface area contributed by atoms with E-state index >= 15 is 0 Å². The first-order valence-electron chi connectivity index (χ1n) is 7.77. The summed E-state index contributed by atoms with van der Waals surface area (Å²) in [5, 5.41) is 18.4. The lowest BCUT2D eigenvalue weighted by atomic mass is 9.88. The molecule has 0 aliphatic heterocycles. The minimum atomic E-state index is -0.106. The van der Waals surface area contributed by atoms with E-state index in [0.29, 0.717) is 5.41 Å². The summed E-state index contributed by atoms with van der Waals surface area (Å²) in [6.07, 6.45) is 4.53. The Labute approximate surface area is 121 Å². The molecule has 0 aromatic carbocycles. The van der Waals surface area contributed by atoms with E-state index in [2.05, 4.69) is 41.5 Å². The number of hydrogen-bond donors (Lipinski definition) is 2. The van der Waals surface area contributed by atoms with Gasteiger partial charge in [0.05, 0.1) is 12.2 Å². The Bertz CT molecular complexity index is 198. The molecule has 0 fully saturated rings. The van der Waals surface area contributed by atoms with Gasteiger partial charge in [-0.2, -0.15) is 0 Å². The van der Waals surface area contributed by atoms with Crippen molar-refractivity contribution in [3.8, 4) is 0 Å². The zero-order valence-electron chi connectivity index (χ0n) is 14.6. The maximum atomic E-state index is 9.22. The highest BCUT2D eigenvalue weighted by molar-refractivity contribution is 4.66. The predicted octanol–water partition coefficient (Wildman–Crippen LogP) is 4.78. The van der Waals surface area contributed by atoms with Crippen LogP contribution in [0.2, 0.25) is 0 Å². The minimum absolute atomic E-state index is 0.0841. The third kappa shape index (κ3) is 20.4. The lowest BCUT2D eigenvalue weighted by Crippen LogP contribution is -2.16. The molecule has 0 aromatic rings. The summed E-state index contributed by atoms with van der Waals surface area (Å²) in [6.45, 7) is 17.1. The fourth-order valence-electron chi connectivity index (χ4n) is 1.65. The smallest absolute Gasteiger partial charge is 0.0542 e. The summed E-state index contributed by atoms with van der Waals surface area (Å²) in [5.74, 6) is 0. The molecule has 2 nitrogen and oxygen atoms in total. The molecule has 0 bridgehead atoms. The van der Waals surface area contributed by atoms with Crippen LogP contribution >= 0.6 is 0 Å². The van der Waals surface area contributed by atoms with Crippen LogP contribution in [-0.2, 0) is 0 Å². The molecule has 0 rings (SSSR count). The molecule has 0 amide bonds. The fourth-order valence-corrected chi connectivity index (χ4v) is 1.65. The van der Waals surface area contributed by atoms with Gasteiger partial charge in [-0.05, 0) is 42.9 Å². The second-order valence-electron chi connectivity index (χ2n) is 7.99. The maximum absolute atomic E-state index is 9.22. The molecule has 0 spiro atoms. The van der Waals surface area contributed by atoms with Crippen LogP contribution in [0.15, 0.2) is 0 Å². The average molecular weight is 274 g/mol. The zero-order chi connectivity index (χ0) is 15.7. The highest BCUT2D eigenvalue weighted by Gasteiger charge is 2.14. The molecule has 2 heteroatoms. The fraction of sp³-hybridized carbons (Fsp3) is 1.00. The van der Waals surface area contributed by atoms with Gasteiger partial charge in [-0.15, -0.1) is 0 Å². The lowest BCUT2D eigenvalue weighted by Gasteiger charge is -2.20.